The molecule has 4 heteroatoms. The van der Waals surface area contributed by atoms with E-state index in [9.17, 15) is 4.79 Å². The minimum absolute atomic E-state index is 0.0491. The van der Waals surface area contributed by atoms with Crippen LogP contribution in [0.5, 0.6) is 0 Å². The number of piperidine rings is 1. The van der Waals surface area contributed by atoms with Gasteiger partial charge in [0.15, 0.2) is 0 Å². The second kappa shape index (κ2) is 7.46. The molecule has 0 bridgehead atoms. The van der Waals surface area contributed by atoms with Gasteiger partial charge >= 0.3 is 0 Å². The molecule has 1 aromatic rings. The minimum Gasteiger partial charge on any atom is -0.388 e. The van der Waals surface area contributed by atoms with E-state index in [1.807, 2.05) is 32.2 Å². The lowest BCUT2D eigenvalue weighted by atomic mass is 9.96. The van der Waals surface area contributed by atoms with Crippen molar-refractivity contribution in [3.63, 3.8) is 0 Å². The van der Waals surface area contributed by atoms with E-state index in [2.05, 4.69) is 22.5 Å². The lowest BCUT2D eigenvalue weighted by Crippen LogP contribution is -2.38. The van der Waals surface area contributed by atoms with Gasteiger partial charge in [-0.1, -0.05) is 6.92 Å². The maximum absolute atomic E-state index is 12.3. The van der Waals surface area contributed by atoms with Gasteiger partial charge in [0.1, 0.15) is 0 Å². The number of carbonyl (C=O) groups is 1. The molecule has 0 unspecified atom stereocenters. The Morgan fingerprint density at radius 3 is 2.62 bits per heavy atom. The predicted octanol–water partition coefficient (Wildman–Crippen LogP) is 2.50. The summed E-state index contributed by atoms with van der Waals surface area (Å²) in [5, 5.41) is 6.19. The van der Waals surface area contributed by atoms with Gasteiger partial charge in [-0.15, -0.1) is 0 Å². The smallest absolute Gasteiger partial charge is 0.251 e. The van der Waals surface area contributed by atoms with Gasteiger partial charge in [0.05, 0.1) is 0 Å². The summed E-state index contributed by atoms with van der Waals surface area (Å²) in [7, 11) is 1.89. The van der Waals surface area contributed by atoms with Crippen LogP contribution in [0, 0.1) is 12.8 Å². The Labute approximate surface area is 127 Å². The highest BCUT2D eigenvalue weighted by Gasteiger charge is 2.19. The van der Waals surface area contributed by atoms with Gasteiger partial charge in [-0.25, -0.2) is 0 Å². The summed E-state index contributed by atoms with van der Waals surface area (Å²) in [5.41, 5.74) is 2.83. The van der Waals surface area contributed by atoms with E-state index in [1.54, 1.807) is 0 Å². The first-order chi connectivity index (χ1) is 10.1. The number of likely N-dealkylation sites (tertiary alicyclic amines) is 1. The van der Waals surface area contributed by atoms with Crippen molar-refractivity contribution in [2.24, 2.45) is 5.92 Å². The molecule has 0 aromatic heterocycles. The van der Waals surface area contributed by atoms with Gasteiger partial charge in [0.25, 0.3) is 5.91 Å². The summed E-state index contributed by atoms with van der Waals surface area (Å²) in [5.74, 6) is 0.668. The minimum atomic E-state index is 0.0491. The fourth-order valence-electron chi connectivity index (χ4n) is 2.91. The number of aryl methyl sites for hydroxylation is 1. The highest BCUT2D eigenvalue weighted by atomic mass is 16.1. The number of hydrogen-bond acceptors (Lipinski definition) is 3. The molecule has 1 saturated heterocycles. The van der Waals surface area contributed by atoms with Gasteiger partial charge in [0.2, 0.25) is 0 Å². The predicted molar refractivity (Wildman–Crippen MR) is 87.9 cm³/mol. The van der Waals surface area contributed by atoms with Crippen molar-refractivity contribution in [2.75, 3.05) is 38.5 Å². The Morgan fingerprint density at radius 2 is 2.05 bits per heavy atom. The van der Waals surface area contributed by atoms with Gasteiger partial charge in [0, 0.05) is 24.8 Å². The number of nitrogens with one attached hydrogen (secondary N) is 2. The van der Waals surface area contributed by atoms with Crippen LogP contribution in [0.4, 0.5) is 5.69 Å². The number of anilines is 1. The van der Waals surface area contributed by atoms with E-state index in [0.717, 1.165) is 43.0 Å². The summed E-state index contributed by atoms with van der Waals surface area (Å²) in [6.07, 6.45) is 2.37. The lowest BCUT2D eigenvalue weighted by Gasteiger charge is -2.31. The molecule has 0 radical (unpaired) electrons. The Kier molecular flexibility index (Phi) is 5.62. The van der Waals surface area contributed by atoms with E-state index in [1.165, 1.54) is 12.8 Å². The number of carbonyl (C=O) groups excluding carboxylic acids is 1. The highest BCUT2D eigenvalue weighted by Crippen LogP contribution is 2.17. The third kappa shape index (κ3) is 4.21. The molecule has 0 atom stereocenters. The van der Waals surface area contributed by atoms with Crippen LogP contribution >= 0.6 is 0 Å². The molecule has 116 valence electrons. The number of nitrogens with zero attached hydrogens (tertiary/aromatic N) is 1. The summed E-state index contributed by atoms with van der Waals surface area (Å²) in [6.45, 7) is 8.44. The zero-order valence-corrected chi connectivity index (χ0v) is 13.4. The molecule has 1 heterocycles. The second-order valence-corrected chi connectivity index (χ2v) is 5.87. The number of hydrogen-bond donors (Lipinski definition) is 2. The molecule has 0 spiro atoms. The first-order valence-electron chi connectivity index (χ1n) is 7.93. The lowest BCUT2D eigenvalue weighted by molar-refractivity contribution is 0.0936. The van der Waals surface area contributed by atoms with Gasteiger partial charge < -0.3 is 15.5 Å². The molecule has 1 aliphatic rings. The van der Waals surface area contributed by atoms with Crippen LogP contribution in [0.3, 0.4) is 0 Å². The number of amides is 1. The number of benzene rings is 1. The molecule has 1 aromatic carbocycles. The largest absolute Gasteiger partial charge is 0.388 e. The molecule has 2 N–H and O–H groups in total. The van der Waals surface area contributed by atoms with Crippen molar-refractivity contribution in [1.82, 2.24) is 10.2 Å². The quantitative estimate of drug-likeness (QED) is 0.875. The average molecular weight is 289 g/mol. The molecule has 21 heavy (non-hydrogen) atoms. The summed E-state index contributed by atoms with van der Waals surface area (Å²) < 4.78 is 0. The third-order valence-electron chi connectivity index (χ3n) is 4.47. The molecule has 4 nitrogen and oxygen atoms in total. The zero-order valence-electron chi connectivity index (χ0n) is 13.4. The fraction of sp³-hybridized carbons (Fsp3) is 0.588. The van der Waals surface area contributed by atoms with Crippen LogP contribution in [0.2, 0.25) is 0 Å². The van der Waals surface area contributed by atoms with Crippen LogP contribution in [0.15, 0.2) is 18.2 Å². The number of rotatable bonds is 5. The Bertz CT molecular complexity index is 479. The van der Waals surface area contributed by atoms with Crippen molar-refractivity contribution in [3.8, 4) is 0 Å². The van der Waals surface area contributed by atoms with E-state index in [-0.39, 0.29) is 5.91 Å². The van der Waals surface area contributed by atoms with Crippen molar-refractivity contribution in [1.29, 1.82) is 0 Å². The fourth-order valence-corrected chi connectivity index (χ4v) is 2.91. The maximum Gasteiger partial charge on any atom is 0.251 e. The normalized spacial score (nSPS) is 16.7. The van der Waals surface area contributed by atoms with Crippen LogP contribution in [-0.4, -0.2) is 44.0 Å². The standard InChI is InChI=1S/C17H27N3O/c1-4-20-9-7-14(8-10-20)12-19-17(21)16-6-5-15(18-3)11-13(16)2/h5-6,11,14,18H,4,7-10,12H2,1-3H3,(H,19,21). The Morgan fingerprint density at radius 1 is 1.33 bits per heavy atom. The third-order valence-corrected chi connectivity index (χ3v) is 4.47. The van der Waals surface area contributed by atoms with Crippen LogP contribution < -0.4 is 10.6 Å². The summed E-state index contributed by atoms with van der Waals surface area (Å²) in [4.78, 5) is 14.8. The zero-order chi connectivity index (χ0) is 15.2. The summed E-state index contributed by atoms with van der Waals surface area (Å²) in [6, 6.07) is 5.85. The summed E-state index contributed by atoms with van der Waals surface area (Å²) >= 11 is 0. The van der Waals surface area contributed by atoms with Crippen molar-refractivity contribution >= 4 is 11.6 Å². The van der Waals surface area contributed by atoms with Crippen LogP contribution in [0.1, 0.15) is 35.7 Å². The Balaban J connectivity index is 1.85. The van der Waals surface area contributed by atoms with Crippen molar-refractivity contribution in [3.05, 3.63) is 29.3 Å². The maximum atomic E-state index is 12.3. The Hall–Kier alpha value is -1.55. The molecule has 1 amide bonds. The second-order valence-electron chi connectivity index (χ2n) is 5.87. The molecule has 0 aliphatic carbocycles. The van der Waals surface area contributed by atoms with E-state index in [4.69, 9.17) is 0 Å². The molecule has 0 saturated carbocycles. The SMILES string of the molecule is CCN1CCC(CNC(=O)c2ccc(NC)cc2C)CC1. The average Bonchev–Trinajstić information content (AvgIpc) is 2.52. The van der Waals surface area contributed by atoms with Crippen molar-refractivity contribution < 1.29 is 4.79 Å². The van der Waals surface area contributed by atoms with E-state index < -0.39 is 0 Å². The molecule has 1 aliphatic heterocycles. The van der Waals surface area contributed by atoms with Crippen LogP contribution in [0.25, 0.3) is 0 Å². The van der Waals surface area contributed by atoms with Gasteiger partial charge in [-0.2, -0.15) is 0 Å². The van der Waals surface area contributed by atoms with Gasteiger partial charge in [-0.3, -0.25) is 4.79 Å². The molecule has 1 fully saturated rings. The van der Waals surface area contributed by atoms with Gasteiger partial charge in [-0.05, 0) is 69.1 Å². The van der Waals surface area contributed by atoms with E-state index >= 15 is 0 Å². The first kappa shape index (κ1) is 15.8. The van der Waals surface area contributed by atoms with Crippen molar-refractivity contribution in [2.45, 2.75) is 26.7 Å². The topological polar surface area (TPSA) is 44.4 Å². The van der Waals surface area contributed by atoms with E-state index in [0.29, 0.717) is 5.92 Å². The van der Waals surface area contributed by atoms with Crippen LogP contribution in [-0.2, 0) is 0 Å². The highest BCUT2D eigenvalue weighted by molar-refractivity contribution is 5.96. The molecular weight excluding hydrogens is 262 g/mol. The monoisotopic (exact) mass is 289 g/mol. The molecular formula is C17H27N3O. The first-order valence-corrected chi connectivity index (χ1v) is 7.93. The molecule has 2 rings (SSSR count).